The summed E-state index contributed by atoms with van der Waals surface area (Å²) in [6.45, 7) is 3.92. The van der Waals surface area contributed by atoms with Crippen LogP contribution in [0.15, 0.2) is 107 Å². The lowest BCUT2D eigenvalue weighted by Gasteiger charge is -2.16. The van der Waals surface area contributed by atoms with Crippen molar-refractivity contribution in [1.82, 2.24) is 9.78 Å². The molecule has 0 aliphatic carbocycles. The van der Waals surface area contributed by atoms with Crippen LogP contribution in [0.3, 0.4) is 0 Å². The molecule has 0 unspecified atom stereocenters. The fourth-order valence-electron chi connectivity index (χ4n) is 3.35. The van der Waals surface area contributed by atoms with Crippen LogP contribution in [0.25, 0.3) is 22.0 Å². The number of benzene rings is 3. The Morgan fingerprint density at radius 1 is 0.750 bits per heavy atom. The molecule has 0 saturated carbocycles. The highest BCUT2D eigenvalue weighted by Crippen LogP contribution is 2.29. The number of hydrogen-bond donors (Lipinski definition) is 1. The van der Waals surface area contributed by atoms with E-state index in [1.165, 1.54) is 4.68 Å². The van der Waals surface area contributed by atoms with E-state index < -0.39 is 0 Å². The van der Waals surface area contributed by atoms with Crippen LogP contribution in [0, 0.1) is 0 Å². The fraction of sp³-hybridized carbons (Fsp3) is 0. The summed E-state index contributed by atoms with van der Waals surface area (Å²) in [7, 11) is 0. The summed E-state index contributed by atoms with van der Waals surface area (Å²) in [5.74, 6) is 0. The van der Waals surface area contributed by atoms with Crippen molar-refractivity contribution in [3.8, 4) is 0 Å². The quantitative estimate of drug-likeness (QED) is 0.548. The first-order valence-corrected chi connectivity index (χ1v) is 8.92. The first-order chi connectivity index (χ1) is 13.7. The van der Waals surface area contributed by atoms with E-state index in [4.69, 9.17) is 0 Å². The van der Waals surface area contributed by atoms with Crippen molar-refractivity contribution in [3.05, 3.63) is 129 Å². The summed E-state index contributed by atoms with van der Waals surface area (Å²) in [5, 5.41) is 3.44. The topological polar surface area (TPSA) is 54.9 Å². The second-order valence-corrected chi connectivity index (χ2v) is 6.32. The van der Waals surface area contributed by atoms with E-state index in [1.807, 2.05) is 60.7 Å². The molecule has 0 aliphatic heterocycles. The van der Waals surface area contributed by atoms with Gasteiger partial charge in [-0.05, 0) is 29.3 Å². The van der Waals surface area contributed by atoms with Crippen molar-refractivity contribution in [2.24, 2.45) is 0 Å². The monoisotopic (exact) mass is 366 g/mol. The molecule has 4 nitrogen and oxygen atoms in total. The number of fused-ring (bicyclic) bond motifs is 1. The Morgan fingerprint density at radius 2 is 1.25 bits per heavy atom. The zero-order valence-corrected chi connectivity index (χ0v) is 15.1. The first kappa shape index (κ1) is 17.5. The summed E-state index contributed by atoms with van der Waals surface area (Å²) < 4.78 is 1.28. The molecule has 0 spiro atoms. The van der Waals surface area contributed by atoms with Crippen LogP contribution in [0.1, 0.15) is 11.1 Å². The Balaban J connectivity index is 2.12. The Labute approximate surface area is 161 Å². The highest BCUT2D eigenvalue weighted by molar-refractivity contribution is 5.96. The maximum atomic E-state index is 13.2. The molecule has 4 heteroatoms. The van der Waals surface area contributed by atoms with Crippen LogP contribution >= 0.6 is 0 Å². The van der Waals surface area contributed by atoms with E-state index in [2.05, 4.69) is 11.7 Å². The van der Waals surface area contributed by atoms with E-state index in [0.717, 1.165) is 16.7 Å². The van der Waals surface area contributed by atoms with Crippen LogP contribution in [0.4, 0.5) is 0 Å². The summed E-state index contributed by atoms with van der Waals surface area (Å²) >= 11 is 0. The van der Waals surface area contributed by atoms with Gasteiger partial charge in [0, 0.05) is 5.57 Å². The van der Waals surface area contributed by atoms with E-state index >= 15 is 0 Å². The molecule has 1 heterocycles. The normalized spacial score (nSPS) is 10.6. The molecular weight excluding hydrogens is 348 g/mol. The van der Waals surface area contributed by atoms with Crippen molar-refractivity contribution in [2.75, 3.05) is 0 Å². The maximum absolute atomic E-state index is 13.2. The highest BCUT2D eigenvalue weighted by atomic mass is 16.2. The minimum Gasteiger partial charge on any atom is -0.267 e. The second-order valence-electron chi connectivity index (χ2n) is 6.32. The highest BCUT2D eigenvalue weighted by Gasteiger charge is 2.15. The lowest BCUT2D eigenvalue weighted by atomic mass is 9.95. The van der Waals surface area contributed by atoms with E-state index in [0.29, 0.717) is 16.5 Å². The predicted molar refractivity (Wildman–Crippen MR) is 114 cm³/mol. The first-order valence-electron chi connectivity index (χ1n) is 8.92. The molecule has 0 bridgehead atoms. The minimum absolute atomic E-state index is 0.297. The van der Waals surface area contributed by atoms with Gasteiger partial charge in [0.05, 0.1) is 16.5 Å². The zero-order valence-electron chi connectivity index (χ0n) is 15.1. The number of rotatable bonds is 4. The molecule has 0 saturated heterocycles. The lowest BCUT2D eigenvalue weighted by Crippen LogP contribution is -2.29. The number of hydrogen-bond acceptors (Lipinski definition) is 2. The van der Waals surface area contributed by atoms with Crippen LogP contribution in [0.5, 0.6) is 0 Å². The van der Waals surface area contributed by atoms with Crippen LogP contribution in [-0.2, 0) is 0 Å². The molecule has 1 aromatic heterocycles. The molecule has 0 amide bonds. The van der Waals surface area contributed by atoms with Crippen molar-refractivity contribution in [3.63, 3.8) is 0 Å². The Hall–Kier alpha value is -3.92. The SMILES string of the molecule is C=CC(=C(c1ccccc1)c1ccccc1)n1[nH]c(=O)c2ccccc2c1=O. The smallest absolute Gasteiger partial charge is 0.267 e. The lowest BCUT2D eigenvalue weighted by molar-refractivity contribution is 0.827. The molecule has 3 aromatic carbocycles. The van der Waals surface area contributed by atoms with Gasteiger partial charge in [0.15, 0.2) is 0 Å². The van der Waals surface area contributed by atoms with Gasteiger partial charge in [-0.1, -0.05) is 79.4 Å². The fourth-order valence-corrected chi connectivity index (χ4v) is 3.35. The number of allylic oxidation sites excluding steroid dienone is 2. The predicted octanol–water partition coefficient (Wildman–Crippen LogP) is 4.29. The minimum atomic E-state index is -0.324. The van der Waals surface area contributed by atoms with Crippen molar-refractivity contribution >= 4 is 22.0 Å². The summed E-state index contributed by atoms with van der Waals surface area (Å²) in [6, 6.07) is 26.3. The van der Waals surface area contributed by atoms with E-state index in [-0.39, 0.29) is 11.1 Å². The largest absolute Gasteiger partial charge is 0.277 e. The number of H-pyrrole nitrogens is 1. The van der Waals surface area contributed by atoms with E-state index in [1.54, 1.807) is 30.3 Å². The van der Waals surface area contributed by atoms with Gasteiger partial charge in [-0.3, -0.25) is 14.7 Å². The molecule has 0 fully saturated rings. The zero-order chi connectivity index (χ0) is 19.5. The average molecular weight is 366 g/mol. The second kappa shape index (κ2) is 7.37. The molecule has 0 radical (unpaired) electrons. The molecule has 0 atom stereocenters. The third kappa shape index (κ3) is 3.01. The molecule has 136 valence electrons. The summed E-state index contributed by atoms with van der Waals surface area (Å²) in [5.41, 5.74) is 2.55. The van der Waals surface area contributed by atoms with Crippen molar-refractivity contribution in [2.45, 2.75) is 0 Å². The van der Waals surface area contributed by atoms with Crippen LogP contribution in [0.2, 0.25) is 0 Å². The number of aromatic amines is 1. The van der Waals surface area contributed by atoms with Gasteiger partial charge < -0.3 is 0 Å². The van der Waals surface area contributed by atoms with Crippen molar-refractivity contribution in [1.29, 1.82) is 0 Å². The summed E-state index contributed by atoms with van der Waals surface area (Å²) in [6.07, 6.45) is 1.60. The third-order valence-corrected chi connectivity index (χ3v) is 4.63. The molecule has 1 N–H and O–H groups in total. The third-order valence-electron chi connectivity index (χ3n) is 4.63. The standard InChI is InChI=1S/C24H18N2O2/c1-2-21(26-24(28)20-16-10-9-15-19(20)23(27)25-26)22(17-11-5-3-6-12-17)18-13-7-4-8-14-18/h2-16H,1H2,(H,25,27). The van der Waals surface area contributed by atoms with Gasteiger partial charge in [-0.2, -0.15) is 0 Å². The average Bonchev–Trinajstić information content (AvgIpc) is 2.76. The Morgan fingerprint density at radius 3 is 1.79 bits per heavy atom. The molecule has 4 rings (SSSR count). The van der Waals surface area contributed by atoms with E-state index in [9.17, 15) is 9.59 Å². The molecule has 28 heavy (non-hydrogen) atoms. The van der Waals surface area contributed by atoms with Gasteiger partial charge in [0.25, 0.3) is 11.1 Å². The number of aromatic nitrogens is 2. The van der Waals surface area contributed by atoms with Crippen LogP contribution < -0.4 is 11.1 Å². The van der Waals surface area contributed by atoms with Crippen LogP contribution in [-0.4, -0.2) is 9.78 Å². The van der Waals surface area contributed by atoms with Gasteiger partial charge >= 0.3 is 0 Å². The molecular formula is C24H18N2O2. The number of nitrogens with zero attached hydrogens (tertiary/aromatic N) is 1. The molecule has 4 aromatic rings. The van der Waals surface area contributed by atoms with Gasteiger partial charge in [-0.15, -0.1) is 0 Å². The van der Waals surface area contributed by atoms with Gasteiger partial charge in [0.2, 0.25) is 0 Å². The number of nitrogens with one attached hydrogen (secondary N) is 1. The molecule has 0 aliphatic rings. The summed E-state index contributed by atoms with van der Waals surface area (Å²) in [4.78, 5) is 25.8. The Kier molecular flexibility index (Phi) is 4.60. The van der Waals surface area contributed by atoms with Gasteiger partial charge in [0.1, 0.15) is 0 Å². The maximum Gasteiger partial charge on any atom is 0.277 e. The van der Waals surface area contributed by atoms with Crippen molar-refractivity contribution < 1.29 is 0 Å². The Bertz CT molecular complexity index is 1260. The van der Waals surface area contributed by atoms with Gasteiger partial charge in [-0.25, -0.2) is 4.68 Å².